The summed E-state index contributed by atoms with van der Waals surface area (Å²) in [4.78, 5) is 34.3. The zero-order chi connectivity index (χ0) is 20.8. The third-order valence-corrected chi connectivity index (χ3v) is 6.07. The lowest BCUT2D eigenvalue weighted by molar-refractivity contribution is -0.132. The van der Waals surface area contributed by atoms with E-state index in [0.29, 0.717) is 22.9 Å². The maximum absolute atomic E-state index is 12.4. The number of halogens is 1. The van der Waals surface area contributed by atoms with E-state index in [4.69, 9.17) is 11.6 Å². The highest BCUT2D eigenvalue weighted by Crippen LogP contribution is 2.33. The summed E-state index contributed by atoms with van der Waals surface area (Å²) in [5, 5.41) is 10.6. The summed E-state index contributed by atoms with van der Waals surface area (Å²) in [6, 6.07) is 3.88. The fraction of sp³-hybridized carbons (Fsp3) is 0.333. The lowest BCUT2D eigenvalue weighted by Crippen LogP contribution is -2.35. The number of hydrogen-bond acceptors (Lipinski definition) is 4. The van der Waals surface area contributed by atoms with E-state index < -0.39 is 5.91 Å². The van der Waals surface area contributed by atoms with Crippen molar-refractivity contribution in [1.82, 2.24) is 25.1 Å². The average molecular weight is 425 g/mol. The minimum Gasteiger partial charge on any atom is -0.339 e. The fourth-order valence-electron chi connectivity index (χ4n) is 3.72. The number of pyridine rings is 1. The second-order valence-electron chi connectivity index (χ2n) is 7.85. The number of aromatic nitrogens is 4. The SMILES string of the molecule is Cc1[nH]nc(C(=O)Nc2cnc3[nH]c(C4=CCN(C(=O)C5CC5)CC4)cc3c2)c1Cl. The zero-order valence-corrected chi connectivity index (χ0v) is 17.2. The number of carbonyl (C=O) groups is 2. The third-order valence-electron chi connectivity index (χ3n) is 5.61. The van der Waals surface area contributed by atoms with Gasteiger partial charge in [0.15, 0.2) is 5.69 Å². The van der Waals surface area contributed by atoms with E-state index in [1.54, 1.807) is 13.1 Å². The van der Waals surface area contributed by atoms with E-state index in [1.807, 2.05) is 17.0 Å². The summed E-state index contributed by atoms with van der Waals surface area (Å²) in [5.41, 5.74) is 4.27. The van der Waals surface area contributed by atoms with E-state index in [0.717, 1.165) is 42.5 Å². The molecule has 0 spiro atoms. The predicted molar refractivity (Wildman–Crippen MR) is 114 cm³/mol. The molecule has 0 aromatic carbocycles. The number of rotatable bonds is 4. The molecular formula is C21H21ClN6O2. The molecule has 8 nitrogen and oxygen atoms in total. The zero-order valence-electron chi connectivity index (χ0n) is 16.5. The van der Waals surface area contributed by atoms with Gasteiger partial charge in [0.1, 0.15) is 5.65 Å². The highest BCUT2D eigenvalue weighted by Gasteiger charge is 2.33. The van der Waals surface area contributed by atoms with Gasteiger partial charge in [-0.15, -0.1) is 0 Å². The summed E-state index contributed by atoms with van der Waals surface area (Å²) in [7, 11) is 0. The van der Waals surface area contributed by atoms with Gasteiger partial charge in [-0.05, 0) is 43.9 Å². The Bertz CT molecular complexity index is 1190. The second kappa shape index (κ2) is 7.28. The number of aromatic amines is 2. The number of amides is 2. The number of carbonyl (C=O) groups excluding carboxylic acids is 2. The predicted octanol–water partition coefficient (Wildman–Crippen LogP) is 3.53. The Labute approximate surface area is 177 Å². The summed E-state index contributed by atoms with van der Waals surface area (Å²) in [6.07, 6.45) is 6.58. The van der Waals surface area contributed by atoms with Crippen molar-refractivity contribution < 1.29 is 9.59 Å². The summed E-state index contributed by atoms with van der Waals surface area (Å²) in [6.45, 7) is 3.15. The highest BCUT2D eigenvalue weighted by molar-refractivity contribution is 6.34. The van der Waals surface area contributed by atoms with E-state index in [1.165, 1.54) is 5.57 Å². The number of anilines is 1. The van der Waals surface area contributed by atoms with Crippen LogP contribution in [0.2, 0.25) is 5.02 Å². The van der Waals surface area contributed by atoms with Gasteiger partial charge in [-0.25, -0.2) is 4.98 Å². The quantitative estimate of drug-likeness (QED) is 0.595. The van der Waals surface area contributed by atoms with Crippen LogP contribution >= 0.6 is 11.6 Å². The standard InChI is InChI=1S/C21H21ClN6O2/c1-11-17(22)18(27-26-11)20(29)24-15-8-14-9-16(25-19(14)23-10-15)12-4-6-28(7-5-12)21(30)13-2-3-13/h4,8-10,13H,2-3,5-7H2,1H3,(H,23,25)(H,24,29)(H,26,27). The lowest BCUT2D eigenvalue weighted by atomic mass is 10.0. The van der Waals surface area contributed by atoms with Crippen LogP contribution in [0.1, 0.15) is 41.1 Å². The Balaban J connectivity index is 1.32. The molecule has 2 amide bonds. The van der Waals surface area contributed by atoms with Crippen molar-refractivity contribution in [3.05, 3.63) is 46.5 Å². The molecule has 154 valence electrons. The molecular weight excluding hydrogens is 404 g/mol. The first-order chi connectivity index (χ1) is 14.5. The van der Waals surface area contributed by atoms with Crippen LogP contribution in [0.3, 0.4) is 0 Å². The molecule has 1 aliphatic heterocycles. The molecule has 5 rings (SSSR count). The molecule has 2 aliphatic rings. The third kappa shape index (κ3) is 3.47. The lowest BCUT2D eigenvalue weighted by Gasteiger charge is -2.26. The number of aryl methyl sites for hydroxylation is 1. The van der Waals surface area contributed by atoms with Crippen LogP contribution in [0.15, 0.2) is 24.4 Å². The van der Waals surface area contributed by atoms with Gasteiger partial charge in [0.05, 0.1) is 22.6 Å². The molecule has 0 radical (unpaired) electrons. The van der Waals surface area contributed by atoms with Gasteiger partial charge in [0.25, 0.3) is 5.91 Å². The monoisotopic (exact) mass is 424 g/mol. The molecule has 3 aromatic rings. The number of nitrogens with zero attached hydrogens (tertiary/aromatic N) is 3. The Morgan fingerprint density at radius 2 is 2.13 bits per heavy atom. The van der Waals surface area contributed by atoms with Crippen LogP contribution in [0.5, 0.6) is 0 Å². The molecule has 4 heterocycles. The topological polar surface area (TPSA) is 107 Å². The molecule has 0 unspecified atom stereocenters. The van der Waals surface area contributed by atoms with Gasteiger partial charge >= 0.3 is 0 Å². The van der Waals surface area contributed by atoms with Gasteiger partial charge in [0.2, 0.25) is 5.91 Å². The van der Waals surface area contributed by atoms with Crippen molar-refractivity contribution in [2.24, 2.45) is 5.92 Å². The Morgan fingerprint density at radius 1 is 1.30 bits per heavy atom. The first-order valence-electron chi connectivity index (χ1n) is 9.98. The second-order valence-corrected chi connectivity index (χ2v) is 8.23. The number of nitrogens with one attached hydrogen (secondary N) is 3. The molecule has 30 heavy (non-hydrogen) atoms. The van der Waals surface area contributed by atoms with Gasteiger partial charge < -0.3 is 15.2 Å². The van der Waals surface area contributed by atoms with Gasteiger partial charge in [-0.2, -0.15) is 5.10 Å². The molecule has 0 atom stereocenters. The first-order valence-corrected chi connectivity index (χ1v) is 10.4. The van der Waals surface area contributed by atoms with Crippen LogP contribution in [0.25, 0.3) is 16.6 Å². The molecule has 3 N–H and O–H groups in total. The molecule has 1 fully saturated rings. The summed E-state index contributed by atoms with van der Waals surface area (Å²) in [5.74, 6) is 0.152. The van der Waals surface area contributed by atoms with Crippen LogP contribution in [-0.4, -0.2) is 50.0 Å². The molecule has 1 aliphatic carbocycles. The van der Waals surface area contributed by atoms with Crippen LogP contribution in [0, 0.1) is 12.8 Å². The first kappa shape index (κ1) is 18.9. The molecule has 3 aromatic heterocycles. The highest BCUT2D eigenvalue weighted by atomic mass is 35.5. The van der Waals surface area contributed by atoms with Crippen molar-refractivity contribution in [1.29, 1.82) is 0 Å². The van der Waals surface area contributed by atoms with Crippen molar-refractivity contribution in [3.8, 4) is 0 Å². The minimum absolute atomic E-state index is 0.154. The van der Waals surface area contributed by atoms with Crippen LogP contribution < -0.4 is 5.32 Å². The average Bonchev–Trinajstić information content (AvgIpc) is 3.43. The van der Waals surface area contributed by atoms with E-state index in [9.17, 15) is 9.59 Å². The molecule has 9 heteroatoms. The normalized spacial score (nSPS) is 16.6. The van der Waals surface area contributed by atoms with Crippen LogP contribution in [0.4, 0.5) is 5.69 Å². The number of hydrogen-bond donors (Lipinski definition) is 3. The summed E-state index contributed by atoms with van der Waals surface area (Å²) < 4.78 is 0. The molecule has 1 saturated carbocycles. The van der Waals surface area contributed by atoms with Crippen LogP contribution in [-0.2, 0) is 4.79 Å². The fourth-order valence-corrected chi connectivity index (χ4v) is 3.89. The summed E-state index contributed by atoms with van der Waals surface area (Å²) >= 11 is 6.10. The van der Waals surface area contributed by atoms with Gasteiger partial charge in [0, 0.05) is 30.1 Å². The Kier molecular flexibility index (Phi) is 4.58. The van der Waals surface area contributed by atoms with E-state index in [2.05, 4.69) is 31.6 Å². The number of H-pyrrole nitrogens is 2. The van der Waals surface area contributed by atoms with Crippen molar-refractivity contribution in [2.75, 3.05) is 18.4 Å². The Hall–Kier alpha value is -3.13. The molecule has 0 saturated heterocycles. The maximum Gasteiger partial charge on any atom is 0.277 e. The van der Waals surface area contributed by atoms with Gasteiger partial charge in [-0.3, -0.25) is 14.7 Å². The smallest absolute Gasteiger partial charge is 0.277 e. The van der Waals surface area contributed by atoms with Crippen molar-refractivity contribution in [3.63, 3.8) is 0 Å². The Morgan fingerprint density at radius 3 is 2.80 bits per heavy atom. The largest absolute Gasteiger partial charge is 0.339 e. The number of fused-ring (bicyclic) bond motifs is 1. The van der Waals surface area contributed by atoms with E-state index in [-0.39, 0.29) is 17.5 Å². The van der Waals surface area contributed by atoms with Gasteiger partial charge in [-0.1, -0.05) is 17.7 Å². The molecule has 0 bridgehead atoms. The maximum atomic E-state index is 12.4. The van der Waals surface area contributed by atoms with E-state index >= 15 is 0 Å². The van der Waals surface area contributed by atoms with Crippen molar-refractivity contribution >= 4 is 45.7 Å². The van der Waals surface area contributed by atoms with Crippen molar-refractivity contribution in [2.45, 2.75) is 26.2 Å². The minimum atomic E-state index is -0.392.